The van der Waals surface area contributed by atoms with Gasteiger partial charge in [0, 0.05) is 29.9 Å². The highest BCUT2D eigenvalue weighted by atomic mass is 32.2. The lowest BCUT2D eigenvalue weighted by atomic mass is 10.1. The molecule has 2 aromatic rings. The summed E-state index contributed by atoms with van der Waals surface area (Å²) in [6.45, 7) is 3.05. The molecule has 1 heterocycles. The quantitative estimate of drug-likeness (QED) is 0.859. The van der Waals surface area contributed by atoms with E-state index in [4.69, 9.17) is 0 Å². The van der Waals surface area contributed by atoms with Crippen molar-refractivity contribution in [2.45, 2.75) is 24.7 Å². The van der Waals surface area contributed by atoms with Crippen LogP contribution < -0.4 is 5.32 Å². The summed E-state index contributed by atoms with van der Waals surface area (Å²) in [5.41, 5.74) is 3.55. The number of hydrogen-bond donors (Lipinski definition) is 1. The zero-order chi connectivity index (χ0) is 14.9. The second kappa shape index (κ2) is 5.58. The van der Waals surface area contributed by atoms with Gasteiger partial charge in [-0.2, -0.15) is 0 Å². The number of aromatic nitrogens is 1. The molecule has 0 amide bonds. The molecule has 1 aromatic heterocycles. The van der Waals surface area contributed by atoms with Gasteiger partial charge in [0.25, 0.3) is 0 Å². The molecule has 2 rings (SSSR count). The first-order valence-electron chi connectivity index (χ1n) is 6.79. The molecule has 0 atom stereocenters. The molecule has 0 saturated carbocycles. The van der Waals surface area contributed by atoms with E-state index in [1.807, 2.05) is 26.2 Å². The third-order valence-corrected chi connectivity index (χ3v) is 4.99. The molecule has 0 spiro atoms. The van der Waals surface area contributed by atoms with E-state index in [1.54, 1.807) is 6.07 Å². The Bertz CT molecular complexity index is 730. The normalized spacial score (nSPS) is 12.2. The lowest BCUT2D eigenvalue weighted by Crippen LogP contribution is -2.08. The zero-order valence-electron chi connectivity index (χ0n) is 12.5. The molecule has 0 saturated heterocycles. The second-order valence-corrected chi connectivity index (χ2v) is 7.30. The smallest absolute Gasteiger partial charge is 0.175 e. The van der Waals surface area contributed by atoms with Gasteiger partial charge in [0.15, 0.2) is 9.84 Å². The third kappa shape index (κ3) is 2.74. The standard InChI is InChI=1S/C15H22N2O2S/c1-11-13(6-5-9-16-2)14-10-12(20(4,18)19)7-8-15(14)17(11)3/h7-8,10,16H,5-6,9H2,1-4H3. The maximum Gasteiger partial charge on any atom is 0.175 e. The van der Waals surface area contributed by atoms with E-state index in [2.05, 4.69) is 16.8 Å². The van der Waals surface area contributed by atoms with Crippen molar-refractivity contribution in [3.8, 4) is 0 Å². The van der Waals surface area contributed by atoms with Crippen LogP contribution in [-0.4, -0.2) is 32.8 Å². The van der Waals surface area contributed by atoms with Crippen LogP contribution in [0.2, 0.25) is 0 Å². The number of nitrogens with zero attached hydrogens (tertiary/aromatic N) is 1. The summed E-state index contributed by atoms with van der Waals surface area (Å²) < 4.78 is 25.6. The van der Waals surface area contributed by atoms with E-state index < -0.39 is 9.84 Å². The molecular formula is C15H22N2O2S. The van der Waals surface area contributed by atoms with Crippen LogP contribution in [0.3, 0.4) is 0 Å². The number of hydrogen-bond acceptors (Lipinski definition) is 3. The van der Waals surface area contributed by atoms with Gasteiger partial charge >= 0.3 is 0 Å². The van der Waals surface area contributed by atoms with E-state index in [0.717, 1.165) is 30.3 Å². The Morgan fingerprint density at radius 1 is 1.30 bits per heavy atom. The van der Waals surface area contributed by atoms with Gasteiger partial charge in [0.2, 0.25) is 0 Å². The number of nitrogens with one attached hydrogen (secondary N) is 1. The van der Waals surface area contributed by atoms with Gasteiger partial charge in [0.05, 0.1) is 4.90 Å². The van der Waals surface area contributed by atoms with Crippen molar-refractivity contribution in [3.05, 3.63) is 29.5 Å². The molecule has 110 valence electrons. The molecule has 20 heavy (non-hydrogen) atoms. The van der Waals surface area contributed by atoms with Gasteiger partial charge in [-0.25, -0.2) is 8.42 Å². The Balaban J connectivity index is 2.57. The molecule has 1 N–H and O–H groups in total. The van der Waals surface area contributed by atoms with Gasteiger partial charge in [0.1, 0.15) is 0 Å². The Morgan fingerprint density at radius 2 is 2.00 bits per heavy atom. The van der Waals surface area contributed by atoms with Crippen molar-refractivity contribution in [2.75, 3.05) is 19.8 Å². The average Bonchev–Trinajstić information content (AvgIpc) is 2.62. The summed E-state index contributed by atoms with van der Waals surface area (Å²) >= 11 is 0. The lowest BCUT2D eigenvalue weighted by Gasteiger charge is -2.03. The Labute approximate surface area is 120 Å². The molecule has 4 nitrogen and oxygen atoms in total. The average molecular weight is 294 g/mol. The fourth-order valence-electron chi connectivity index (χ4n) is 2.62. The van der Waals surface area contributed by atoms with E-state index in [-0.39, 0.29) is 0 Å². The van der Waals surface area contributed by atoms with Gasteiger partial charge in [-0.15, -0.1) is 0 Å². The van der Waals surface area contributed by atoms with Crippen molar-refractivity contribution in [1.82, 2.24) is 9.88 Å². The Morgan fingerprint density at radius 3 is 2.60 bits per heavy atom. The highest BCUT2D eigenvalue weighted by Gasteiger charge is 2.15. The number of benzene rings is 1. The van der Waals surface area contributed by atoms with Gasteiger partial charge in [-0.05, 0) is 57.1 Å². The van der Waals surface area contributed by atoms with Crippen LogP contribution in [0.5, 0.6) is 0 Å². The number of sulfone groups is 1. The van der Waals surface area contributed by atoms with Crippen LogP contribution in [0, 0.1) is 6.92 Å². The molecule has 0 aliphatic carbocycles. The number of rotatable bonds is 5. The van der Waals surface area contributed by atoms with Crippen molar-refractivity contribution in [2.24, 2.45) is 7.05 Å². The molecule has 1 aromatic carbocycles. The number of aryl methyl sites for hydroxylation is 2. The SMILES string of the molecule is CNCCCc1c(C)n(C)c2ccc(S(C)(=O)=O)cc12. The molecule has 0 unspecified atom stereocenters. The van der Waals surface area contributed by atoms with Crippen LogP contribution in [-0.2, 0) is 23.3 Å². The van der Waals surface area contributed by atoms with Crippen LogP contribution >= 0.6 is 0 Å². The minimum atomic E-state index is -3.16. The van der Waals surface area contributed by atoms with Gasteiger partial charge in [-0.3, -0.25) is 0 Å². The molecule has 0 aliphatic rings. The zero-order valence-corrected chi connectivity index (χ0v) is 13.3. The monoisotopic (exact) mass is 294 g/mol. The predicted octanol–water partition coefficient (Wildman–Crippen LogP) is 2.04. The minimum absolute atomic E-state index is 0.394. The summed E-state index contributed by atoms with van der Waals surface area (Å²) in [4.78, 5) is 0.394. The predicted molar refractivity (Wildman–Crippen MR) is 83.0 cm³/mol. The van der Waals surface area contributed by atoms with Gasteiger partial charge in [-0.1, -0.05) is 0 Å². The van der Waals surface area contributed by atoms with E-state index in [9.17, 15) is 8.42 Å². The summed E-state index contributed by atoms with van der Waals surface area (Å²) in [5, 5.41) is 4.20. The van der Waals surface area contributed by atoms with Crippen LogP contribution in [0.4, 0.5) is 0 Å². The highest BCUT2D eigenvalue weighted by Crippen LogP contribution is 2.28. The Kier molecular flexibility index (Phi) is 4.20. The largest absolute Gasteiger partial charge is 0.348 e. The maximum atomic E-state index is 11.7. The number of fused-ring (bicyclic) bond motifs is 1. The molecule has 0 bridgehead atoms. The first-order chi connectivity index (χ1) is 9.36. The Hall–Kier alpha value is -1.33. The maximum absolute atomic E-state index is 11.7. The molecule has 0 aliphatic heterocycles. The van der Waals surface area contributed by atoms with E-state index >= 15 is 0 Å². The molecule has 5 heteroatoms. The summed E-state index contributed by atoms with van der Waals surface area (Å²) in [7, 11) is 0.808. The first kappa shape index (κ1) is 15.1. The fraction of sp³-hybridized carbons (Fsp3) is 0.467. The van der Waals surface area contributed by atoms with Crippen LogP contribution in [0.25, 0.3) is 10.9 Å². The van der Waals surface area contributed by atoms with E-state index in [1.165, 1.54) is 17.5 Å². The van der Waals surface area contributed by atoms with Crippen LogP contribution in [0.15, 0.2) is 23.1 Å². The summed E-state index contributed by atoms with van der Waals surface area (Å²) in [5.74, 6) is 0. The molecular weight excluding hydrogens is 272 g/mol. The van der Waals surface area contributed by atoms with Crippen molar-refractivity contribution in [1.29, 1.82) is 0 Å². The minimum Gasteiger partial charge on any atom is -0.348 e. The summed E-state index contributed by atoms with van der Waals surface area (Å²) in [6.07, 6.45) is 3.25. The molecule has 0 radical (unpaired) electrons. The van der Waals surface area contributed by atoms with Crippen LogP contribution in [0.1, 0.15) is 17.7 Å². The van der Waals surface area contributed by atoms with Crippen molar-refractivity contribution >= 4 is 20.7 Å². The lowest BCUT2D eigenvalue weighted by molar-refractivity contribution is 0.602. The van der Waals surface area contributed by atoms with E-state index in [0.29, 0.717) is 4.90 Å². The second-order valence-electron chi connectivity index (χ2n) is 5.28. The fourth-order valence-corrected chi connectivity index (χ4v) is 3.26. The van der Waals surface area contributed by atoms with Gasteiger partial charge < -0.3 is 9.88 Å². The topological polar surface area (TPSA) is 51.1 Å². The van der Waals surface area contributed by atoms with Crippen molar-refractivity contribution < 1.29 is 8.42 Å². The summed E-state index contributed by atoms with van der Waals surface area (Å²) in [6, 6.07) is 5.40. The third-order valence-electron chi connectivity index (χ3n) is 3.88. The molecule has 0 fully saturated rings. The highest BCUT2D eigenvalue weighted by molar-refractivity contribution is 7.90. The van der Waals surface area contributed by atoms with Crippen molar-refractivity contribution in [3.63, 3.8) is 0 Å². The first-order valence-corrected chi connectivity index (χ1v) is 8.68.